The number of benzene rings is 2. The van der Waals surface area contributed by atoms with Gasteiger partial charge in [-0.1, -0.05) is 23.8 Å². The van der Waals surface area contributed by atoms with E-state index in [0.29, 0.717) is 13.2 Å². The van der Waals surface area contributed by atoms with Gasteiger partial charge in [-0.3, -0.25) is 4.79 Å². The molecule has 3 nitrogen and oxygen atoms in total. The number of hydrogen-bond acceptors (Lipinski definition) is 2. The maximum Gasteiger partial charge on any atom is 0.251 e. The predicted molar refractivity (Wildman–Crippen MR) is 89.7 cm³/mol. The fourth-order valence-corrected chi connectivity index (χ4v) is 2.51. The van der Waals surface area contributed by atoms with Crippen LogP contribution < -0.4 is 10.1 Å². The van der Waals surface area contributed by atoms with Crippen molar-refractivity contribution in [3.05, 3.63) is 64.2 Å². The van der Waals surface area contributed by atoms with Gasteiger partial charge in [0.15, 0.2) is 0 Å². The van der Waals surface area contributed by atoms with E-state index in [1.807, 2.05) is 58.0 Å². The van der Waals surface area contributed by atoms with Crippen LogP contribution in [-0.4, -0.2) is 19.1 Å². The fraction of sp³-hybridized carbons (Fsp3) is 0.316. The zero-order valence-corrected chi connectivity index (χ0v) is 13.7. The number of hydrogen-bond donors (Lipinski definition) is 1. The quantitative estimate of drug-likeness (QED) is 0.854. The largest absolute Gasteiger partial charge is 0.492 e. The Labute approximate surface area is 132 Å². The van der Waals surface area contributed by atoms with Gasteiger partial charge >= 0.3 is 0 Å². The molecule has 0 aliphatic rings. The van der Waals surface area contributed by atoms with E-state index in [2.05, 4.69) is 11.4 Å². The summed E-state index contributed by atoms with van der Waals surface area (Å²) in [5, 5.41) is 2.89. The van der Waals surface area contributed by atoms with E-state index in [4.69, 9.17) is 4.74 Å². The predicted octanol–water partition coefficient (Wildman–Crippen LogP) is 3.73. The average Bonchev–Trinajstić information content (AvgIpc) is 2.42. The van der Waals surface area contributed by atoms with Crippen molar-refractivity contribution in [3.8, 4) is 5.75 Å². The molecular weight excluding hydrogens is 274 g/mol. The van der Waals surface area contributed by atoms with E-state index in [0.717, 1.165) is 22.4 Å². The summed E-state index contributed by atoms with van der Waals surface area (Å²) in [5.41, 5.74) is 5.22. The normalized spacial score (nSPS) is 10.4. The van der Waals surface area contributed by atoms with Crippen LogP contribution in [0.15, 0.2) is 36.4 Å². The Hall–Kier alpha value is -2.29. The molecule has 0 spiro atoms. The summed E-state index contributed by atoms with van der Waals surface area (Å²) in [5.74, 6) is 0.791. The maximum atomic E-state index is 12.1. The van der Waals surface area contributed by atoms with E-state index in [1.54, 1.807) is 0 Å². The molecule has 2 rings (SSSR count). The Kier molecular flexibility index (Phi) is 5.21. The summed E-state index contributed by atoms with van der Waals surface area (Å²) in [4.78, 5) is 12.1. The van der Waals surface area contributed by atoms with Crippen LogP contribution >= 0.6 is 0 Å². The maximum absolute atomic E-state index is 12.1. The SMILES string of the molecule is Cc1cc(C)cc(OCCNC(=O)c2ccc(C)cc2C)c1. The molecule has 0 aliphatic heterocycles. The van der Waals surface area contributed by atoms with Gasteiger partial charge in [-0.2, -0.15) is 0 Å². The molecule has 3 heteroatoms. The summed E-state index contributed by atoms with van der Waals surface area (Å²) < 4.78 is 5.69. The van der Waals surface area contributed by atoms with Crippen LogP contribution in [0.1, 0.15) is 32.6 Å². The summed E-state index contributed by atoms with van der Waals surface area (Å²) >= 11 is 0. The molecule has 0 saturated carbocycles. The lowest BCUT2D eigenvalue weighted by Gasteiger charge is -2.10. The van der Waals surface area contributed by atoms with Crippen molar-refractivity contribution in [1.29, 1.82) is 0 Å². The second-order valence-electron chi connectivity index (χ2n) is 5.75. The van der Waals surface area contributed by atoms with Gasteiger partial charge in [0.2, 0.25) is 0 Å². The molecule has 1 N–H and O–H groups in total. The number of carbonyl (C=O) groups is 1. The standard InChI is InChI=1S/C19H23NO2/c1-13-5-6-18(16(4)10-13)19(21)20-7-8-22-17-11-14(2)9-15(3)12-17/h5-6,9-12H,7-8H2,1-4H3,(H,20,21). The average molecular weight is 297 g/mol. The highest BCUT2D eigenvalue weighted by atomic mass is 16.5. The molecule has 0 atom stereocenters. The first-order valence-corrected chi connectivity index (χ1v) is 7.52. The molecular formula is C19H23NO2. The number of nitrogens with one attached hydrogen (secondary N) is 1. The van der Waals surface area contributed by atoms with Crippen molar-refractivity contribution in [2.45, 2.75) is 27.7 Å². The third-order valence-corrected chi connectivity index (χ3v) is 3.48. The smallest absolute Gasteiger partial charge is 0.251 e. The van der Waals surface area contributed by atoms with Crippen LogP contribution in [-0.2, 0) is 0 Å². The monoisotopic (exact) mass is 297 g/mol. The van der Waals surface area contributed by atoms with Crippen LogP contribution in [0.3, 0.4) is 0 Å². The number of carbonyl (C=O) groups excluding carboxylic acids is 1. The van der Waals surface area contributed by atoms with E-state index in [9.17, 15) is 4.79 Å². The lowest BCUT2D eigenvalue weighted by molar-refractivity contribution is 0.0946. The van der Waals surface area contributed by atoms with Gasteiger partial charge in [0, 0.05) is 5.56 Å². The first-order valence-electron chi connectivity index (χ1n) is 7.52. The van der Waals surface area contributed by atoms with Gasteiger partial charge in [0.25, 0.3) is 5.91 Å². The second-order valence-corrected chi connectivity index (χ2v) is 5.75. The number of rotatable bonds is 5. The van der Waals surface area contributed by atoms with Crippen molar-refractivity contribution in [2.24, 2.45) is 0 Å². The topological polar surface area (TPSA) is 38.3 Å². The molecule has 22 heavy (non-hydrogen) atoms. The molecule has 0 fully saturated rings. The van der Waals surface area contributed by atoms with Crippen LogP contribution in [0.4, 0.5) is 0 Å². The molecule has 0 aromatic heterocycles. The van der Waals surface area contributed by atoms with E-state index < -0.39 is 0 Å². The molecule has 2 aromatic carbocycles. The van der Waals surface area contributed by atoms with Crippen LogP contribution in [0.5, 0.6) is 5.75 Å². The highest BCUT2D eigenvalue weighted by Gasteiger charge is 2.08. The van der Waals surface area contributed by atoms with E-state index in [-0.39, 0.29) is 5.91 Å². The summed E-state index contributed by atoms with van der Waals surface area (Å²) in [6, 6.07) is 11.9. The Morgan fingerprint density at radius 2 is 1.64 bits per heavy atom. The Morgan fingerprint density at radius 3 is 2.27 bits per heavy atom. The lowest BCUT2D eigenvalue weighted by atomic mass is 10.1. The van der Waals surface area contributed by atoms with Crippen LogP contribution in [0.2, 0.25) is 0 Å². The molecule has 0 radical (unpaired) electrons. The van der Waals surface area contributed by atoms with Crippen molar-refractivity contribution in [1.82, 2.24) is 5.32 Å². The molecule has 0 saturated heterocycles. The second kappa shape index (κ2) is 7.12. The van der Waals surface area contributed by atoms with E-state index >= 15 is 0 Å². The van der Waals surface area contributed by atoms with Gasteiger partial charge in [-0.05, 0) is 62.6 Å². The number of ether oxygens (including phenoxy) is 1. The van der Waals surface area contributed by atoms with E-state index in [1.165, 1.54) is 11.1 Å². The molecule has 116 valence electrons. The van der Waals surface area contributed by atoms with Crippen molar-refractivity contribution in [2.75, 3.05) is 13.2 Å². The molecule has 2 aromatic rings. The minimum atomic E-state index is -0.0541. The molecule has 0 bridgehead atoms. The lowest BCUT2D eigenvalue weighted by Crippen LogP contribution is -2.28. The minimum Gasteiger partial charge on any atom is -0.492 e. The van der Waals surface area contributed by atoms with Crippen LogP contribution in [0.25, 0.3) is 0 Å². The number of amides is 1. The Bertz CT molecular complexity index is 657. The molecule has 0 unspecified atom stereocenters. The van der Waals surface area contributed by atoms with Gasteiger partial charge in [0.05, 0.1) is 6.54 Å². The zero-order valence-electron chi connectivity index (χ0n) is 13.7. The highest BCUT2D eigenvalue weighted by molar-refractivity contribution is 5.95. The molecule has 1 amide bonds. The summed E-state index contributed by atoms with van der Waals surface area (Å²) in [7, 11) is 0. The van der Waals surface area contributed by atoms with Gasteiger partial charge in [0.1, 0.15) is 12.4 Å². The first-order chi connectivity index (χ1) is 10.5. The van der Waals surface area contributed by atoms with Crippen molar-refractivity contribution < 1.29 is 9.53 Å². The minimum absolute atomic E-state index is 0.0541. The number of aryl methyl sites for hydroxylation is 4. The first kappa shape index (κ1) is 16.1. The molecule has 0 aliphatic carbocycles. The summed E-state index contributed by atoms with van der Waals surface area (Å²) in [6.07, 6.45) is 0. The van der Waals surface area contributed by atoms with Gasteiger partial charge in [-0.25, -0.2) is 0 Å². The van der Waals surface area contributed by atoms with Gasteiger partial charge in [-0.15, -0.1) is 0 Å². The van der Waals surface area contributed by atoms with Crippen LogP contribution in [0, 0.1) is 27.7 Å². The zero-order chi connectivity index (χ0) is 16.1. The van der Waals surface area contributed by atoms with Crippen molar-refractivity contribution >= 4 is 5.91 Å². The van der Waals surface area contributed by atoms with Gasteiger partial charge < -0.3 is 10.1 Å². The highest BCUT2D eigenvalue weighted by Crippen LogP contribution is 2.16. The summed E-state index contributed by atoms with van der Waals surface area (Å²) in [6.45, 7) is 9.00. The fourth-order valence-electron chi connectivity index (χ4n) is 2.51. The molecule has 0 heterocycles. The third kappa shape index (κ3) is 4.35. The Balaban J connectivity index is 1.84. The third-order valence-electron chi connectivity index (χ3n) is 3.48. The Morgan fingerprint density at radius 1 is 0.955 bits per heavy atom. The van der Waals surface area contributed by atoms with Crippen molar-refractivity contribution in [3.63, 3.8) is 0 Å².